The Hall–Kier alpha value is -0.130. The van der Waals surface area contributed by atoms with Gasteiger partial charge < -0.3 is 4.74 Å². The van der Waals surface area contributed by atoms with Crippen LogP contribution in [0.2, 0.25) is 0 Å². The Bertz CT molecular complexity index is 265. The van der Waals surface area contributed by atoms with E-state index in [1.807, 2.05) is 0 Å². The standard InChI is InChI=1S/C12H19IO3/c1-2-16-11(15)12(7-3-4-9-13)8-5-6-10(12)14/h2-9H2,1H3. The molecule has 1 rings (SSSR count). The number of hydrogen-bond donors (Lipinski definition) is 0. The molecule has 1 saturated carbocycles. The Labute approximate surface area is 110 Å². The van der Waals surface area contributed by atoms with Crippen molar-refractivity contribution >= 4 is 34.3 Å². The molecule has 0 radical (unpaired) electrons. The van der Waals surface area contributed by atoms with Crippen LogP contribution in [0.1, 0.15) is 45.4 Å². The van der Waals surface area contributed by atoms with Gasteiger partial charge in [-0.15, -0.1) is 0 Å². The average molecular weight is 338 g/mol. The third-order valence-electron chi connectivity index (χ3n) is 3.19. The van der Waals surface area contributed by atoms with Crippen molar-refractivity contribution in [2.75, 3.05) is 11.0 Å². The molecule has 16 heavy (non-hydrogen) atoms. The second-order valence-corrected chi connectivity index (χ2v) is 5.30. The van der Waals surface area contributed by atoms with E-state index in [9.17, 15) is 9.59 Å². The largest absolute Gasteiger partial charge is 0.465 e. The van der Waals surface area contributed by atoms with Gasteiger partial charge in [-0.25, -0.2) is 0 Å². The highest BCUT2D eigenvalue weighted by molar-refractivity contribution is 14.1. The average Bonchev–Trinajstić information content (AvgIpc) is 2.62. The van der Waals surface area contributed by atoms with Crippen LogP contribution in [-0.4, -0.2) is 22.8 Å². The quantitative estimate of drug-likeness (QED) is 0.246. The molecule has 4 heteroatoms. The van der Waals surface area contributed by atoms with Crippen LogP contribution in [0.3, 0.4) is 0 Å². The minimum absolute atomic E-state index is 0.0967. The minimum atomic E-state index is -0.790. The third-order valence-corrected chi connectivity index (χ3v) is 3.96. The smallest absolute Gasteiger partial charge is 0.319 e. The first kappa shape index (κ1) is 13.9. The zero-order chi connectivity index (χ0) is 12.0. The van der Waals surface area contributed by atoms with Crippen molar-refractivity contribution in [2.24, 2.45) is 5.41 Å². The van der Waals surface area contributed by atoms with E-state index >= 15 is 0 Å². The van der Waals surface area contributed by atoms with Crippen molar-refractivity contribution in [1.29, 1.82) is 0 Å². The lowest BCUT2D eigenvalue weighted by molar-refractivity contribution is -0.159. The maximum absolute atomic E-state index is 11.9. The predicted molar refractivity (Wildman–Crippen MR) is 70.7 cm³/mol. The van der Waals surface area contributed by atoms with Gasteiger partial charge in [0.05, 0.1) is 6.61 Å². The fourth-order valence-corrected chi connectivity index (χ4v) is 2.84. The first-order valence-corrected chi connectivity index (χ1v) is 7.46. The van der Waals surface area contributed by atoms with E-state index in [-0.39, 0.29) is 11.8 Å². The molecule has 92 valence electrons. The fraction of sp³-hybridized carbons (Fsp3) is 0.833. The second kappa shape index (κ2) is 6.57. The van der Waals surface area contributed by atoms with Crippen molar-refractivity contribution in [3.8, 4) is 0 Å². The number of hydrogen-bond acceptors (Lipinski definition) is 3. The number of carbonyl (C=O) groups excluding carboxylic acids is 2. The maximum atomic E-state index is 11.9. The molecule has 1 atom stereocenters. The van der Waals surface area contributed by atoms with Gasteiger partial charge in [-0.1, -0.05) is 29.0 Å². The van der Waals surface area contributed by atoms with Gasteiger partial charge in [0.15, 0.2) is 0 Å². The van der Waals surface area contributed by atoms with Crippen LogP contribution < -0.4 is 0 Å². The normalized spacial score (nSPS) is 24.8. The number of halogens is 1. The summed E-state index contributed by atoms with van der Waals surface area (Å²) in [7, 11) is 0. The van der Waals surface area contributed by atoms with E-state index < -0.39 is 5.41 Å². The molecule has 0 amide bonds. The molecule has 0 heterocycles. The Morgan fingerprint density at radius 2 is 2.25 bits per heavy atom. The summed E-state index contributed by atoms with van der Waals surface area (Å²) >= 11 is 2.32. The van der Waals surface area contributed by atoms with E-state index in [2.05, 4.69) is 22.6 Å². The van der Waals surface area contributed by atoms with E-state index in [4.69, 9.17) is 4.74 Å². The third kappa shape index (κ3) is 2.96. The van der Waals surface area contributed by atoms with Crippen LogP contribution in [0.5, 0.6) is 0 Å². The molecule has 0 aromatic heterocycles. The van der Waals surface area contributed by atoms with Crippen LogP contribution in [0.15, 0.2) is 0 Å². The number of rotatable bonds is 6. The molecule has 0 spiro atoms. The topological polar surface area (TPSA) is 43.4 Å². The molecule has 1 aliphatic carbocycles. The summed E-state index contributed by atoms with van der Waals surface area (Å²) in [5.74, 6) is -0.189. The van der Waals surface area contributed by atoms with Gasteiger partial charge in [0.25, 0.3) is 0 Å². The summed E-state index contributed by atoms with van der Waals surface area (Å²) in [4.78, 5) is 23.8. The highest BCUT2D eigenvalue weighted by atomic mass is 127. The number of unbranched alkanes of at least 4 members (excludes halogenated alkanes) is 1. The van der Waals surface area contributed by atoms with Crippen molar-refractivity contribution in [3.05, 3.63) is 0 Å². The van der Waals surface area contributed by atoms with E-state index in [1.165, 1.54) is 0 Å². The zero-order valence-corrected chi connectivity index (χ0v) is 11.9. The number of alkyl halides is 1. The van der Waals surface area contributed by atoms with E-state index in [1.54, 1.807) is 6.92 Å². The molecular formula is C12H19IO3. The van der Waals surface area contributed by atoms with Crippen molar-refractivity contribution in [1.82, 2.24) is 0 Å². The molecule has 0 aromatic rings. The van der Waals surface area contributed by atoms with Gasteiger partial charge in [-0.3, -0.25) is 9.59 Å². The van der Waals surface area contributed by atoms with Crippen molar-refractivity contribution in [2.45, 2.75) is 45.4 Å². The first-order valence-electron chi connectivity index (χ1n) is 5.94. The Kier molecular flexibility index (Phi) is 5.72. The molecule has 0 N–H and O–H groups in total. The van der Waals surface area contributed by atoms with E-state index in [0.717, 1.165) is 23.7 Å². The summed E-state index contributed by atoms with van der Waals surface area (Å²) in [6.07, 6.45) is 4.74. The lowest BCUT2D eigenvalue weighted by Gasteiger charge is -2.24. The summed E-state index contributed by atoms with van der Waals surface area (Å²) < 4.78 is 6.14. The Morgan fingerprint density at radius 1 is 1.50 bits per heavy atom. The Balaban J connectivity index is 2.68. The molecule has 3 nitrogen and oxygen atoms in total. The summed E-state index contributed by atoms with van der Waals surface area (Å²) in [6.45, 7) is 2.15. The van der Waals surface area contributed by atoms with Gasteiger partial charge in [-0.2, -0.15) is 0 Å². The number of carbonyl (C=O) groups is 2. The van der Waals surface area contributed by atoms with Crippen LogP contribution >= 0.6 is 22.6 Å². The molecule has 0 saturated heterocycles. The Morgan fingerprint density at radius 3 is 2.75 bits per heavy atom. The van der Waals surface area contributed by atoms with E-state index in [0.29, 0.717) is 25.9 Å². The van der Waals surface area contributed by atoms with Crippen molar-refractivity contribution < 1.29 is 14.3 Å². The molecule has 0 aromatic carbocycles. The molecule has 1 unspecified atom stereocenters. The van der Waals surface area contributed by atoms with Gasteiger partial charge in [0, 0.05) is 6.42 Å². The van der Waals surface area contributed by atoms with Gasteiger partial charge in [0.1, 0.15) is 11.2 Å². The van der Waals surface area contributed by atoms with Gasteiger partial charge in [0.2, 0.25) is 0 Å². The maximum Gasteiger partial charge on any atom is 0.319 e. The van der Waals surface area contributed by atoms with Gasteiger partial charge in [-0.05, 0) is 37.0 Å². The summed E-state index contributed by atoms with van der Waals surface area (Å²) in [6, 6.07) is 0. The fourth-order valence-electron chi connectivity index (χ4n) is 2.30. The monoisotopic (exact) mass is 338 g/mol. The van der Waals surface area contributed by atoms with Crippen LogP contribution in [-0.2, 0) is 14.3 Å². The first-order chi connectivity index (χ1) is 7.67. The second-order valence-electron chi connectivity index (χ2n) is 4.23. The molecule has 1 aliphatic rings. The molecular weight excluding hydrogens is 319 g/mol. The molecule has 0 bridgehead atoms. The number of esters is 1. The van der Waals surface area contributed by atoms with Gasteiger partial charge >= 0.3 is 5.97 Å². The minimum Gasteiger partial charge on any atom is -0.465 e. The highest BCUT2D eigenvalue weighted by Gasteiger charge is 2.48. The van der Waals surface area contributed by atoms with Crippen LogP contribution in [0.25, 0.3) is 0 Å². The zero-order valence-electron chi connectivity index (χ0n) is 9.76. The van der Waals surface area contributed by atoms with Crippen LogP contribution in [0.4, 0.5) is 0 Å². The lowest BCUT2D eigenvalue weighted by atomic mass is 9.80. The summed E-state index contributed by atoms with van der Waals surface area (Å²) in [5, 5.41) is 0. The molecule has 1 fully saturated rings. The lowest BCUT2D eigenvalue weighted by Crippen LogP contribution is -2.37. The SMILES string of the molecule is CCOC(=O)C1(CCCCI)CCCC1=O. The predicted octanol–water partition coefficient (Wildman–Crippen LogP) is 2.89. The highest BCUT2D eigenvalue weighted by Crippen LogP contribution is 2.40. The van der Waals surface area contributed by atoms with Crippen molar-refractivity contribution in [3.63, 3.8) is 0 Å². The number of Topliss-reactive ketones (excluding diaryl/α,β-unsaturated/α-hetero) is 1. The van der Waals surface area contributed by atoms with Crippen LogP contribution in [0, 0.1) is 5.41 Å². The molecule has 0 aliphatic heterocycles. The summed E-state index contributed by atoms with van der Waals surface area (Å²) in [5.41, 5.74) is -0.790. The number of ketones is 1. The number of ether oxygens (including phenoxy) is 1.